The number of carbonyl (C=O) groups excluding carboxylic acids is 1. The van der Waals surface area contributed by atoms with E-state index in [9.17, 15) is 18.0 Å². The van der Waals surface area contributed by atoms with Crippen LogP contribution in [0.4, 0.5) is 19.0 Å². The summed E-state index contributed by atoms with van der Waals surface area (Å²) >= 11 is 7.70. The molecule has 0 saturated heterocycles. The van der Waals surface area contributed by atoms with Crippen molar-refractivity contribution in [2.75, 3.05) is 5.32 Å². The second kappa shape index (κ2) is 7.96. The number of anilines is 1. The van der Waals surface area contributed by atoms with Crippen molar-refractivity contribution >= 4 is 34.7 Å². The molecule has 30 heavy (non-hydrogen) atoms. The van der Waals surface area contributed by atoms with Crippen LogP contribution in [0, 0.1) is 0 Å². The summed E-state index contributed by atoms with van der Waals surface area (Å²) in [6, 6.07) is 9.95. The third-order valence-electron chi connectivity index (χ3n) is 5.04. The molecule has 0 unspecified atom stereocenters. The molecule has 3 atom stereocenters. The maximum atomic E-state index is 13.8. The molecule has 0 spiro atoms. The Kier molecular flexibility index (Phi) is 5.50. The maximum absolute atomic E-state index is 13.8. The number of fused-ring (bicyclic) bond motifs is 1. The molecule has 5 nitrogen and oxygen atoms in total. The largest absolute Gasteiger partial charge is 0.410 e. The van der Waals surface area contributed by atoms with Crippen molar-refractivity contribution in [3.8, 4) is 0 Å². The monoisotopic (exact) mass is 454 g/mol. The second-order valence-electron chi connectivity index (χ2n) is 7.07. The summed E-state index contributed by atoms with van der Waals surface area (Å²) < 4.78 is 42.1. The van der Waals surface area contributed by atoms with Crippen molar-refractivity contribution in [2.45, 2.75) is 37.6 Å². The molecule has 0 radical (unpaired) electrons. The predicted octanol–water partition coefficient (Wildman–Crippen LogP) is 5.75. The number of rotatable bonds is 4. The van der Waals surface area contributed by atoms with Gasteiger partial charge in [-0.3, -0.25) is 4.79 Å². The number of hydrogen-bond donors (Lipinski definition) is 2. The lowest BCUT2D eigenvalue weighted by Crippen LogP contribution is -2.35. The SMILES string of the molecule is C[C@H](NC(=O)c1nn2c(c1Cl)N[C@H](c1cccs1)C[C@@H]2C(F)(F)F)c1ccccc1. The van der Waals surface area contributed by atoms with Crippen LogP contribution >= 0.6 is 22.9 Å². The number of hydrogen-bond acceptors (Lipinski definition) is 4. The Morgan fingerprint density at radius 3 is 2.67 bits per heavy atom. The topological polar surface area (TPSA) is 59.0 Å². The molecule has 3 heterocycles. The summed E-state index contributed by atoms with van der Waals surface area (Å²) in [6.45, 7) is 1.78. The zero-order valence-corrected chi connectivity index (χ0v) is 17.4. The summed E-state index contributed by atoms with van der Waals surface area (Å²) in [5, 5.41) is 11.4. The van der Waals surface area contributed by atoms with Crippen LogP contribution in [0.3, 0.4) is 0 Å². The average molecular weight is 455 g/mol. The Balaban J connectivity index is 1.65. The molecule has 0 bridgehead atoms. The first-order valence-corrected chi connectivity index (χ1v) is 10.5. The molecule has 2 N–H and O–H groups in total. The Morgan fingerprint density at radius 2 is 2.03 bits per heavy atom. The molecule has 0 aliphatic carbocycles. The summed E-state index contributed by atoms with van der Waals surface area (Å²) in [5.41, 5.74) is 0.623. The normalized spacial score (nSPS) is 19.6. The number of aromatic nitrogens is 2. The number of carbonyl (C=O) groups is 1. The number of nitrogens with one attached hydrogen (secondary N) is 2. The van der Waals surface area contributed by atoms with E-state index in [1.165, 1.54) is 11.3 Å². The first-order valence-electron chi connectivity index (χ1n) is 9.26. The minimum atomic E-state index is -4.53. The van der Waals surface area contributed by atoms with Crippen LogP contribution in [0.2, 0.25) is 5.02 Å². The lowest BCUT2D eigenvalue weighted by molar-refractivity contribution is -0.173. The van der Waals surface area contributed by atoms with Crippen LogP contribution in [0.25, 0.3) is 0 Å². The van der Waals surface area contributed by atoms with Gasteiger partial charge in [0, 0.05) is 11.3 Å². The third kappa shape index (κ3) is 3.91. The number of alkyl halides is 3. The predicted molar refractivity (Wildman–Crippen MR) is 110 cm³/mol. The Hall–Kier alpha value is -2.52. The smallest absolute Gasteiger partial charge is 0.361 e. The van der Waals surface area contributed by atoms with Crippen molar-refractivity contribution in [3.05, 3.63) is 69.0 Å². The molecule has 0 saturated carbocycles. The fourth-order valence-electron chi connectivity index (χ4n) is 3.50. The molecule has 10 heteroatoms. The summed E-state index contributed by atoms with van der Waals surface area (Å²) in [5.74, 6) is -0.630. The first-order chi connectivity index (χ1) is 14.3. The van der Waals surface area contributed by atoms with E-state index < -0.39 is 24.2 Å². The van der Waals surface area contributed by atoms with E-state index in [1.807, 2.05) is 30.3 Å². The Bertz CT molecular complexity index is 1040. The first kappa shape index (κ1) is 20.7. The van der Waals surface area contributed by atoms with E-state index in [0.29, 0.717) is 0 Å². The Labute approximate surface area is 179 Å². The van der Waals surface area contributed by atoms with Crippen LogP contribution < -0.4 is 10.6 Å². The molecule has 2 aromatic heterocycles. The molecule has 1 aromatic carbocycles. The van der Waals surface area contributed by atoms with Crippen LogP contribution in [0.15, 0.2) is 47.8 Å². The second-order valence-corrected chi connectivity index (χ2v) is 8.42. The van der Waals surface area contributed by atoms with Gasteiger partial charge in [-0.2, -0.15) is 18.3 Å². The van der Waals surface area contributed by atoms with Gasteiger partial charge in [0.25, 0.3) is 5.91 Å². The minimum absolute atomic E-state index is 0.00107. The number of thiophene rings is 1. The van der Waals surface area contributed by atoms with Crippen LogP contribution in [0.1, 0.15) is 52.4 Å². The van der Waals surface area contributed by atoms with E-state index in [0.717, 1.165) is 15.1 Å². The van der Waals surface area contributed by atoms with Crippen molar-refractivity contribution in [1.82, 2.24) is 15.1 Å². The van der Waals surface area contributed by atoms with E-state index >= 15 is 0 Å². The molecule has 1 amide bonds. The molecular formula is C20H18ClF3N4OS. The fraction of sp³-hybridized carbons (Fsp3) is 0.300. The van der Waals surface area contributed by atoms with Gasteiger partial charge in [0.15, 0.2) is 11.7 Å². The molecule has 4 rings (SSSR count). The number of nitrogens with zero attached hydrogens (tertiary/aromatic N) is 2. The number of halogens is 4. The molecule has 1 aliphatic heterocycles. The van der Waals surface area contributed by atoms with Crippen LogP contribution in [-0.2, 0) is 0 Å². The highest BCUT2D eigenvalue weighted by Crippen LogP contribution is 2.46. The maximum Gasteiger partial charge on any atom is 0.410 e. The van der Waals surface area contributed by atoms with Gasteiger partial charge >= 0.3 is 6.18 Å². The quantitative estimate of drug-likeness (QED) is 0.527. The minimum Gasteiger partial charge on any atom is -0.361 e. The van der Waals surface area contributed by atoms with Gasteiger partial charge in [-0.1, -0.05) is 48.0 Å². The van der Waals surface area contributed by atoms with E-state index in [2.05, 4.69) is 15.7 Å². The lowest BCUT2D eigenvalue weighted by Gasteiger charge is -2.32. The summed E-state index contributed by atoms with van der Waals surface area (Å²) in [4.78, 5) is 13.5. The van der Waals surface area contributed by atoms with Gasteiger partial charge in [-0.05, 0) is 23.9 Å². The molecule has 0 fully saturated rings. The molecule has 1 aliphatic rings. The zero-order valence-electron chi connectivity index (χ0n) is 15.8. The van der Waals surface area contributed by atoms with E-state index in [1.54, 1.807) is 24.4 Å². The highest BCUT2D eigenvalue weighted by atomic mass is 35.5. The van der Waals surface area contributed by atoms with E-state index in [-0.39, 0.29) is 29.0 Å². The Morgan fingerprint density at radius 1 is 1.30 bits per heavy atom. The average Bonchev–Trinajstić information content (AvgIpc) is 3.36. The van der Waals surface area contributed by atoms with Crippen molar-refractivity contribution < 1.29 is 18.0 Å². The highest BCUT2D eigenvalue weighted by molar-refractivity contribution is 7.10. The number of benzene rings is 1. The zero-order chi connectivity index (χ0) is 21.5. The fourth-order valence-corrected chi connectivity index (χ4v) is 4.56. The number of amides is 1. The van der Waals surface area contributed by atoms with Crippen molar-refractivity contribution in [2.24, 2.45) is 0 Å². The van der Waals surface area contributed by atoms with Crippen molar-refractivity contribution in [1.29, 1.82) is 0 Å². The lowest BCUT2D eigenvalue weighted by atomic mass is 10.0. The third-order valence-corrected chi connectivity index (χ3v) is 6.39. The van der Waals surface area contributed by atoms with Gasteiger partial charge in [-0.25, -0.2) is 4.68 Å². The van der Waals surface area contributed by atoms with Gasteiger partial charge in [-0.15, -0.1) is 11.3 Å². The van der Waals surface area contributed by atoms with Crippen LogP contribution in [0.5, 0.6) is 0 Å². The summed E-state index contributed by atoms with van der Waals surface area (Å²) in [7, 11) is 0. The molecule has 158 valence electrons. The standard InChI is InChI=1S/C20H18ClF3N4OS/c1-11(12-6-3-2-4-7-12)25-19(29)17-16(21)18-26-13(14-8-5-9-30-14)10-15(20(22,23)24)28(18)27-17/h2-9,11,13,15,26H,10H2,1H3,(H,25,29)/t11-,13-,15+/m0/s1. The highest BCUT2D eigenvalue weighted by Gasteiger charge is 2.48. The van der Waals surface area contributed by atoms with Gasteiger partial charge < -0.3 is 10.6 Å². The van der Waals surface area contributed by atoms with Gasteiger partial charge in [0.2, 0.25) is 0 Å². The van der Waals surface area contributed by atoms with Gasteiger partial charge in [0.1, 0.15) is 10.8 Å². The summed E-state index contributed by atoms with van der Waals surface area (Å²) in [6.07, 6.45) is -4.77. The van der Waals surface area contributed by atoms with Crippen molar-refractivity contribution in [3.63, 3.8) is 0 Å². The van der Waals surface area contributed by atoms with E-state index in [4.69, 9.17) is 11.6 Å². The van der Waals surface area contributed by atoms with Gasteiger partial charge in [0.05, 0.1) is 12.1 Å². The van der Waals surface area contributed by atoms with Crippen LogP contribution in [-0.4, -0.2) is 21.9 Å². The molecule has 3 aromatic rings. The molecular weight excluding hydrogens is 437 g/mol.